The van der Waals surface area contributed by atoms with Gasteiger partial charge < -0.3 is 5.11 Å². The Morgan fingerprint density at radius 2 is 2.26 bits per heavy atom. The number of halogens is 1. The molecule has 0 spiro atoms. The van der Waals surface area contributed by atoms with Crippen LogP contribution in [0.15, 0.2) is 12.1 Å². The van der Waals surface area contributed by atoms with Gasteiger partial charge in [0.05, 0.1) is 16.6 Å². The fraction of sp³-hybridized carbons (Fsp3) is 0.250. The van der Waals surface area contributed by atoms with Crippen LogP contribution in [0.3, 0.4) is 0 Å². The van der Waals surface area contributed by atoms with Crippen LogP contribution >= 0.6 is 11.8 Å². The Kier molecular flexibility index (Phi) is 5.33. The van der Waals surface area contributed by atoms with Crippen molar-refractivity contribution in [3.8, 4) is 17.6 Å². The van der Waals surface area contributed by atoms with E-state index in [4.69, 9.17) is 0 Å². The summed E-state index contributed by atoms with van der Waals surface area (Å²) in [5.41, 5.74) is -0.859. The normalized spacial score (nSPS) is 9.58. The molecule has 0 aliphatic carbocycles. The zero-order chi connectivity index (χ0) is 14.4. The maximum Gasteiger partial charge on any atom is 0.314 e. The van der Waals surface area contributed by atoms with E-state index < -0.39 is 22.2 Å². The monoisotopic (exact) mass is 283 g/mol. The number of rotatable bonds is 3. The molecule has 0 fully saturated rings. The van der Waals surface area contributed by atoms with Crippen molar-refractivity contribution in [2.75, 3.05) is 5.75 Å². The van der Waals surface area contributed by atoms with Gasteiger partial charge >= 0.3 is 5.69 Å². The van der Waals surface area contributed by atoms with Crippen molar-refractivity contribution in [2.24, 2.45) is 0 Å². The molecular weight excluding hydrogens is 273 g/mol. The molecule has 0 radical (unpaired) electrons. The number of hydrogen-bond donors (Lipinski definition) is 1. The van der Waals surface area contributed by atoms with Crippen molar-refractivity contribution in [1.29, 1.82) is 0 Å². The third-order valence-electron chi connectivity index (χ3n) is 2.01. The first-order valence-electron chi connectivity index (χ1n) is 5.21. The first-order chi connectivity index (χ1) is 8.91. The second-order valence-corrected chi connectivity index (χ2v) is 4.74. The van der Waals surface area contributed by atoms with Crippen LogP contribution < -0.4 is 0 Å². The quantitative estimate of drug-likeness (QED) is 0.399. The minimum absolute atomic E-state index is 0.0361. The van der Waals surface area contributed by atoms with Crippen molar-refractivity contribution in [2.45, 2.75) is 13.3 Å². The van der Waals surface area contributed by atoms with Gasteiger partial charge in [0, 0.05) is 19.1 Å². The van der Waals surface area contributed by atoms with Gasteiger partial charge in [0.2, 0.25) is 5.75 Å². The molecule has 5 nitrogen and oxygen atoms in total. The molecule has 100 valence electrons. The molecule has 0 saturated carbocycles. The van der Waals surface area contributed by atoms with E-state index in [2.05, 4.69) is 11.8 Å². The minimum Gasteiger partial charge on any atom is -0.501 e. The van der Waals surface area contributed by atoms with Gasteiger partial charge in [0.15, 0.2) is 5.12 Å². The number of nitro groups is 1. The summed E-state index contributed by atoms with van der Waals surface area (Å²) in [7, 11) is 0. The lowest BCUT2D eigenvalue weighted by molar-refractivity contribution is -0.386. The Hall–Kier alpha value is -2.07. The molecular formula is C12H10FNO4S. The van der Waals surface area contributed by atoms with Crippen molar-refractivity contribution >= 4 is 22.6 Å². The van der Waals surface area contributed by atoms with Crippen molar-refractivity contribution < 1.29 is 19.2 Å². The third kappa shape index (κ3) is 4.60. The van der Waals surface area contributed by atoms with Gasteiger partial charge in [-0.25, -0.2) is 4.39 Å². The number of nitrogens with zero attached hydrogens (tertiary/aromatic N) is 1. The lowest BCUT2D eigenvalue weighted by Gasteiger charge is -1.99. The molecule has 0 aliphatic heterocycles. The molecule has 0 saturated heterocycles. The van der Waals surface area contributed by atoms with Crippen LogP contribution in [0.1, 0.15) is 18.9 Å². The minimum atomic E-state index is -0.880. The van der Waals surface area contributed by atoms with E-state index in [0.717, 1.165) is 17.8 Å². The molecule has 7 heteroatoms. The summed E-state index contributed by atoms with van der Waals surface area (Å²) in [6.45, 7) is 1.43. The zero-order valence-corrected chi connectivity index (χ0v) is 10.8. The summed E-state index contributed by atoms with van der Waals surface area (Å²) in [5, 5.41) is 20.1. The highest BCUT2D eigenvalue weighted by Gasteiger charge is 2.18. The molecule has 0 aromatic heterocycles. The van der Waals surface area contributed by atoms with Crippen molar-refractivity contribution in [3.05, 3.63) is 33.6 Å². The molecule has 0 aliphatic rings. The number of carbonyl (C=O) groups is 1. The Bertz CT molecular complexity index is 577. The van der Waals surface area contributed by atoms with Gasteiger partial charge in [-0.05, 0) is 6.07 Å². The van der Waals surface area contributed by atoms with E-state index in [-0.39, 0.29) is 10.7 Å². The molecule has 0 amide bonds. The first kappa shape index (κ1) is 15.0. The standard InChI is InChI=1S/C12H10FNO4S/c1-8(15)19-5-3-2-4-9-6-10(13)7-11(12(9)16)14(17)18/h6-7,16H,3,5H2,1H3. The van der Waals surface area contributed by atoms with Crippen molar-refractivity contribution in [3.63, 3.8) is 0 Å². The fourth-order valence-electron chi connectivity index (χ4n) is 1.22. The van der Waals surface area contributed by atoms with Crippen LogP contribution in [-0.4, -0.2) is 20.9 Å². The predicted molar refractivity (Wildman–Crippen MR) is 69.4 cm³/mol. The second kappa shape index (κ2) is 6.75. The Morgan fingerprint density at radius 1 is 1.58 bits per heavy atom. The van der Waals surface area contributed by atoms with Gasteiger partial charge in [0.1, 0.15) is 5.82 Å². The predicted octanol–water partition coefficient (Wildman–Crippen LogP) is 2.46. The van der Waals surface area contributed by atoms with Crippen LogP contribution in [0.25, 0.3) is 0 Å². The van der Waals surface area contributed by atoms with Crippen LogP contribution in [-0.2, 0) is 4.79 Å². The first-order valence-corrected chi connectivity index (χ1v) is 6.19. The highest BCUT2D eigenvalue weighted by atomic mass is 32.2. The van der Waals surface area contributed by atoms with E-state index in [0.29, 0.717) is 18.2 Å². The van der Waals surface area contributed by atoms with E-state index in [9.17, 15) is 24.4 Å². The molecule has 1 aromatic rings. The molecule has 0 unspecified atom stereocenters. The highest BCUT2D eigenvalue weighted by Crippen LogP contribution is 2.30. The van der Waals surface area contributed by atoms with E-state index in [1.165, 1.54) is 6.92 Å². The SMILES string of the molecule is CC(=O)SCCC#Cc1cc(F)cc([N+](=O)[O-])c1O. The van der Waals surface area contributed by atoms with Crippen LogP contribution in [0.5, 0.6) is 5.75 Å². The molecule has 1 rings (SSSR count). The molecule has 19 heavy (non-hydrogen) atoms. The second-order valence-electron chi connectivity index (χ2n) is 3.47. The van der Waals surface area contributed by atoms with Crippen molar-refractivity contribution in [1.82, 2.24) is 0 Å². The lowest BCUT2D eigenvalue weighted by Crippen LogP contribution is -1.92. The van der Waals surface area contributed by atoms with E-state index in [1.54, 1.807) is 0 Å². The van der Waals surface area contributed by atoms with Gasteiger partial charge in [-0.15, -0.1) is 0 Å². The van der Waals surface area contributed by atoms with Gasteiger partial charge in [-0.3, -0.25) is 14.9 Å². The summed E-state index contributed by atoms with van der Waals surface area (Å²) in [6, 6.07) is 1.56. The van der Waals surface area contributed by atoms with Gasteiger partial charge in [0.25, 0.3) is 0 Å². The molecule has 0 atom stereocenters. The fourth-order valence-corrected chi connectivity index (χ4v) is 1.71. The number of carbonyl (C=O) groups excluding carboxylic acids is 1. The maximum absolute atomic E-state index is 13.1. The summed E-state index contributed by atoms with van der Waals surface area (Å²) in [6.07, 6.45) is 0.355. The number of aromatic hydroxyl groups is 1. The van der Waals surface area contributed by atoms with Crippen LogP contribution in [0, 0.1) is 27.8 Å². The summed E-state index contributed by atoms with van der Waals surface area (Å²) >= 11 is 1.10. The number of thioether (sulfide) groups is 1. The average molecular weight is 283 g/mol. The maximum atomic E-state index is 13.1. The average Bonchev–Trinajstić information content (AvgIpc) is 2.31. The van der Waals surface area contributed by atoms with E-state index >= 15 is 0 Å². The smallest absolute Gasteiger partial charge is 0.314 e. The number of hydrogen-bond acceptors (Lipinski definition) is 5. The Morgan fingerprint density at radius 3 is 2.84 bits per heavy atom. The summed E-state index contributed by atoms with van der Waals surface area (Å²) in [5.74, 6) is 4.05. The molecule has 0 bridgehead atoms. The lowest BCUT2D eigenvalue weighted by atomic mass is 10.1. The van der Waals surface area contributed by atoms with Gasteiger partial charge in [-0.2, -0.15) is 0 Å². The largest absolute Gasteiger partial charge is 0.501 e. The van der Waals surface area contributed by atoms with E-state index in [1.807, 2.05) is 0 Å². The molecule has 1 aromatic carbocycles. The number of nitro benzene ring substituents is 1. The number of benzene rings is 1. The summed E-state index contributed by atoms with van der Waals surface area (Å²) < 4.78 is 13.1. The molecule has 0 heterocycles. The topological polar surface area (TPSA) is 80.4 Å². The molecule has 1 N–H and O–H groups in total. The van der Waals surface area contributed by atoms with Crippen LogP contribution in [0.4, 0.5) is 10.1 Å². The third-order valence-corrected chi connectivity index (χ3v) is 2.82. The number of phenolic OH excluding ortho intramolecular Hbond substituents is 1. The summed E-state index contributed by atoms with van der Waals surface area (Å²) in [4.78, 5) is 20.3. The van der Waals surface area contributed by atoms with Gasteiger partial charge in [-0.1, -0.05) is 23.6 Å². The Labute approximate surface area is 113 Å². The highest BCUT2D eigenvalue weighted by molar-refractivity contribution is 8.13. The number of phenols is 1. The zero-order valence-electron chi connectivity index (χ0n) is 9.97. The Balaban J connectivity index is 2.87. The van der Waals surface area contributed by atoms with Crippen LogP contribution in [0.2, 0.25) is 0 Å².